The first-order valence-electron chi connectivity index (χ1n) is 38.0. The molecule has 0 heterocycles. The van der Waals surface area contributed by atoms with Gasteiger partial charge in [0.2, 0.25) is 5.91 Å². The van der Waals surface area contributed by atoms with Gasteiger partial charge >= 0.3 is 5.97 Å². The van der Waals surface area contributed by atoms with Gasteiger partial charge in [-0.3, -0.25) is 9.59 Å². The van der Waals surface area contributed by atoms with Gasteiger partial charge < -0.3 is 20.3 Å². The minimum absolute atomic E-state index is 0.0186. The number of carbonyl (C=O) groups is 2. The van der Waals surface area contributed by atoms with E-state index in [4.69, 9.17) is 4.74 Å². The summed E-state index contributed by atoms with van der Waals surface area (Å²) < 4.78 is 5.51. The number of esters is 1. The van der Waals surface area contributed by atoms with Gasteiger partial charge in [0.1, 0.15) is 0 Å². The van der Waals surface area contributed by atoms with Gasteiger partial charge in [-0.25, -0.2) is 0 Å². The quantitative estimate of drug-likeness (QED) is 0.0320. The Kier molecular flexibility index (Phi) is 70.8. The Balaban J connectivity index is 3.38. The summed E-state index contributed by atoms with van der Waals surface area (Å²) in [6.45, 7) is 4.96. The fourth-order valence-corrected chi connectivity index (χ4v) is 12.3. The normalized spacial score (nSPS) is 12.5. The minimum Gasteiger partial charge on any atom is -0.466 e. The number of allylic oxidation sites excluding steroid dienone is 1. The van der Waals surface area contributed by atoms with Crippen LogP contribution < -0.4 is 5.32 Å². The third-order valence-corrected chi connectivity index (χ3v) is 18.1. The summed E-state index contributed by atoms with van der Waals surface area (Å²) in [6, 6.07) is -0.629. The molecule has 6 heteroatoms. The van der Waals surface area contributed by atoms with Crippen molar-refractivity contribution < 1.29 is 24.5 Å². The zero-order chi connectivity index (χ0) is 59.2. The molecule has 0 aromatic rings. The number of nitrogens with one attached hydrogen (secondary N) is 1. The number of aliphatic hydroxyl groups excluding tert-OH is 2. The third kappa shape index (κ3) is 67.7. The first kappa shape index (κ1) is 80.6. The maximum atomic E-state index is 12.5. The number of hydrogen-bond acceptors (Lipinski definition) is 5. The Morgan fingerprint density at radius 2 is 0.561 bits per heavy atom. The monoisotopic (exact) mass is 1160 g/mol. The minimum atomic E-state index is -0.846. The van der Waals surface area contributed by atoms with Crippen LogP contribution in [0.15, 0.2) is 12.2 Å². The number of amides is 1. The van der Waals surface area contributed by atoms with Crippen molar-refractivity contribution in [2.75, 3.05) is 13.2 Å². The van der Waals surface area contributed by atoms with E-state index in [9.17, 15) is 19.8 Å². The predicted octanol–water partition coefficient (Wildman–Crippen LogP) is 24.7. The number of rotatable bonds is 72. The van der Waals surface area contributed by atoms with Gasteiger partial charge in [0.15, 0.2) is 0 Å². The summed E-state index contributed by atoms with van der Waals surface area (Å²) in [6.07, 6.45) is 90.2. The molecular formula is C76H149NO5. The summed E-state index contributed by atoms with van der Waals surface area (Å²) >= 11 is 0. The largest absolute Gasteiger partial charge is 0.466 e. The van der Waals surface area contributed by atoms with Gasteiger partial charge in [-0.15, -0.1) is 0 Å². The van der Waals surface area contributed by atoms with Crippen LogP contribution >= 0.6 is 0 Å². The highest BCUT2D eigenvalue weighted by atomic mass is 16.5. The molecule has 0 spiro atoms. The maximum absolute atomic E-state index is 12.5. The summed E-state index contributed by atoms with van der Waals surface area (Å²) in [5, 5.41) is 23.3. The predicted molar refractivity (Wildman–Crippen MR) is 361 cm³/mol. The van der Waals surface area contributed by atoms with Gasteiger partial charge in [-0.05, 0) is 32.1 Å². The second-order valence-corrected chi connectivity index (χ2v) is 26.4. The lowest BCUT2D eigenvalue weighted by Gasteiger charge is -2.20. The molecule has 0 aliphatic rings. The lowest BCUT2D eigenvalue weighted by atomic mass is 10.0. The molecule has 1 amide bonds. The zero-order valence-electron chi connectivity index (χ0n) is 56.0. The van der Waals surface area contributed by atoms with Crippen molar-refractivity contribution in [1.82, 2.24) is 5.32 Å². The van der Waals surface area contributed by atoms with Gasteiger partial charge in [0.25, 0.3) is 0 Å². The highest BCUT2D eigenvalue weighted by molar-refractivity contribution is 5.76. The Morgan fingerprint density at radius 3 is 0.829 bits per heavy atom. The van der Waals surface area contributed by atoms with E-state index in [0.29, 0.717) is 19.4 Å². The molecule has 0 aliphatic carbocycles. The van der Waals surface area contributed by atoms with E-state index in [1.807, 2.05) is 6.08 Å². The highest BCUT2D eigenvalue weighted by Gasteiger charge is 2.18. The zero-order valence-corrected chi connectivity index (χ0v) is 56.0. The molecule has 0 saturated carbocycles. The van der Waals surface area contributed by atoms with E-state index >= 15 is 0 Å². The van der Waals surface area contributed by atoms with Crippen LogP contribution in [0.2, 0.25) is 0 Å². The van der Waals surface area contributed by atoms with Crippen LogP contribution in [0, 0.1) is 0 Å². The number of unbranched alkanes of at least 4 members (excludes halogenated alkanes) is 61. The van der Waals surface area contributed by atoms with Crippen molar-refractivity contribution in [3.63, 3.8) is 0 Å². The fourth-order valence-electron chi connectivity index (χ4n) is 12.3. The van der Waals surface area contributed by atoms with Crippen LogP contribution in [0.25, 0.3) is 0 Å². The number of hydrogen-bond donors (Lipinski definition) is 3. The van der Waals surface area contributed by atoms with Gasteiger partial charge in [0, 0.05) is 12.8 Å². The van der Waals surface area contributed by atoms with E-state index in [1.165, 1.54) is 372 Å². The average molecular weight is 1160 g/mol. The van der Waals surface area contributed by atoms with E-state index in [1.54, 1.807) is 6.08 Å². The number of aliphatic hydroxyl groups is 2. The first-order valence-corrected chi connectivity index (χ1v) is 38.0. The lowest BCUT2D eigenvalue weighted by molar-refractivity contribution is -0.143. The molecule has 0 radical (unpaired) electrons. The molecule has 0 aliphatic heterocycles. The Bertz CT molecular complexity index is 1240. The van der Waals surface area contributed by atoms with Crippen LogP contribution in [-0.2, 0) is 14.3 Å². The topological polar surface area (TPSA) is 95.9 Å². The van der Waals surface area contributed by atoms with Gasteiger partial charge in [-0.1, -0.05) is 405 Å². The molecular weight excluding hydrogens is 1010 g/mol. The van der Waals surface area contributed by atoms with Crippen molar-refractivity contribution in [3.05, 3.63) is 12.2 Å². The number of ether oxygens (including phenoxy) is 1. The second-order valence-electron chi connectivity index (χ2n) is 26.4. The molecule has 6 nitrogen and oxygen atoms in total. The van der Waals surface area contributed by atoms with E-state index in [-0.39, 0.29) is 18.5 Å². The van der Waals surface area contributed by atoms with Crippen molar-refractivity contribution in [2.24, 2.45) is 0 Å². The lowest BCUT2D eigenvalue weighted by Crippen LogP contribution is -2.45. The summed E-state index contributed by atoms with van der Waals surface area (Å²) in [5.74, 6) is -0.0438. The van der Waals surface area contributed by atoms with Gasteiger partial charge in [-0.2, -0.15) is 0 Å². The average Bonchev–Trinajstić information content (AvgIpc) is 3.48. The van der Waals surface area contributed by atoms with Crippen LogP contribution in [0.4, 0.5) is 0 Å². The Labute approximate surface area is 514 Å². The standard InChI is InChI=1S/C76H149NO5/c1-3-5-7-9-11-13-15-17-19-21-23-24-25-26-27-30-33-36-40-44-48-52-56-60-64-68-74(79)73(72-78)77-75(80)69-65-61-57-53-49-45-41-37-34-31-28-29-32-35-39-43-47-51-55-59-63-67-71-82-76(81)70-66-62-58-54-50-46-42-38-22-20-18-16-14-12-10-8-6-4-2/h64,68,73-74,78-79H,3-63,65-67,69-72H2,1-2H3,(H,77,80)/b68-64+. The van der Waals surface area contributed by atoms with E-state index < -0.39 is 12.1 Å². The molecule has 0 saturated heterocycles. The summed E-state index contributed by atoms with van der Waals surface area (Å²) in [5.41, 5.74) is 0. The molecule has 0 aromatic carbocycles. The van der Waals surface area contributed by atoms with E-state index in [2.05, 4.69) is 19.2 Å². The molecule has 3 N–H and O–H groups in total. The molecule has 0 aromatic heterocycles. The van der Waals surface area contributed by atoms with Crippen molar-refractivity contribution in [2.45, 2.75) is 450 Å². The van der Waals surface area contributed by atoms with Crippen LogP contribution in [0.3, 0.4) is 0 Å². The van der Waals surface area contributed by atoms with Crippen molar-refractivity contribution >= 4 is 11.9 Å². The van der Waals surface area contributed by atoms with Crippen molar-refractivity contribution in [3.8, 4) is 0 Å². The Morgan fingerprint density at radius 1 is 0.329 bits per heavy atom. The highest BCUT2D eigenvalue weighted by Crippen LogP contribution is 2.20. The van der Waals surface area contributed by atoms with Crippen LogP contribution in [0.5, 0.6) is 0 Å². The van der Waals surface area contributed by atoms with Crippen molar-refractivity contribution in [1.29, 1.82) is 0 Å². The molecule has 0 fully saturated rings. The fraction of sp³-hybridized carbons (Fsp3) is 0.947. The molecule has 82 heavy (non-hydrogen) atoms. The maximum Gasteiger partial charge on any atom is 0.305 e. The molecule has 2 unspecified atom stereocenters. The van der Waals surface area contributed by atoms with Crippen LogP contribution in [0.1, 0.15) is 438 Å². The molecule has 2 atom stereocenters. The molecule has 488 valence electrons. The van der Waals surface area contributed by atoms with Crippen LogP contribution in [-0.4, -0.2) is 47.4 Å². The molecule has 0 bridgehead atoms. The van der Waals surface area contributed by atoms with E-state index in [0.717, 1.165) is 38.5 Å². The molecule has 0 rings (SSSR count). The Hall–Kier alpha value is -1.40. The summed E-state index contributed by atoms with van der Waals surface area (Å²) in [7, 11) is 0. The summed E-state index contributed by atoms with van der Waals surface area (Å²) in [4.78, 5) is 24.7. The number of carbonyl (C=O) groups excluding carboxylic acids is 2. The first-order chi connectivity index (χ1) is 40.5. The third-order valence-electron chi connectivity index (χ3n) is 18.1. The van der Waals surface area contributed by atoms with Gasteiger partial charge in [0.05, 0.1) is 25.4 Å². The smallest absolute Gasteiger partial charge is 0.305 e. The second kappa shape index (κ2) is 72.1. The SMILES string of the molecule is CCCCCCCCCCCCCCCCCCCCCCCCC/C=C/C(O)C(CO)NC(=O)CCCCCCCCCCCCCCCCCCCCCCCCOC(=O)CCCCCCCCCCCCCCCCCCCC.